The Hall–Kier alpha value is -1.96. The molecular weight excluding hydrogens is 208 g/mol. The van der Waals surface area contributed by atoms with Gasteiger partial charge in [0, 0.05) is 0 Å². The number of rotatable bonds is 2. The number of alkyl carbamates (subject to hydrolysis) is 1. The Morgan fingerprint density at radius 1 is 1.62 bits per heavy atom. The highest BCUT2D eigenvalue weighted by molar-refractivity contribution is 5.68. The molecule has 1 rings (SSSR count). The second kappa shape index (κ2) is 4.71. The average molecular weight is 222 g/mol. The minimum Gasteiger partial charge on any atom is -0.466 e. The van der Waals surface area contributed by atoms with Crippen molar-refractivity contribution in [1.29, 1.82) is 5.26 Å². The van der Waals surface area contributed by atoms with Crippen molar-refractivity contribution >= 4 is 6.09 Å². The molecule has 1 amide bonds. The Morgan fingerprint density at radius 2 is 2.31 bits per heavy atom. The summed E-state index contributed by atoms with van der Waals surface area (Å²) in [4.78, 5) is 11.4. The lowest BCUT2D eigenvalue weighted by Gasteiger charge is -2.20. The SMILES string of the molecule is CC(C)(C)OC(=O)N[C@H](C#N)c1ccco1. The minimum atomic E-state index is -0.829. The molecule has 1 aromatic heterocycles. The van der Waals surface area contributed by atoms with Crippen LogP contribution in [0.3, 0.4) is 0 Å². The van der Waals surface area contributed by atoms with E-state index in [-0.39, 0.29) is 0 Å². The number of ether oxygens (including phenoxy) is 1. The molecule has 0 saturated heterocycles. The number of carbonyl (C=O) groups excluding carboxylic acids is 1. The van der Waals surface area contributed by atoms with Crippen LogP contribution < -0.4 is 5.32 Å². The summed E-state index contributed by atoms with van der Waals surface area (Å²) in [5.74, 6) is 0.383. The maximum Gasteiger partial charge on any atom is 0.409 e. The van der Waals surface area contributed by atoms with E-state index in [1.807, 2.05) is 6.07 Å². The third-order valence-electron chi connectivity index (χ3n) is 1.62. The third kappa shape index (κ3) is 3.65. The van der Waals surface area contributed by atoms with E-state index in [4.69, 9.17) is 14.4 Å². The fourth-order valence-corrected chi connectivity index (χ4v) is 1.05. The zero-order valence-corrected chi connectivity index (χ0v) is 9.48. The highest BCUT2D eigenvalue weighted by Gasteiger charge is 2.21. The van der Waals surface area contributed by atoms with Gasteiger partial charge >= 0.3 is 6.09 Å². The monoisotopic (exact) mass is 222 g/mol. The van der Waals surface area contributed by atoms with Crippen LogP contribution in [-0.2, 0) is 4.74 Å². The van der Waals surface area contributed by atoms with E-state index in [0.717, 1.165) is 0 Å². The Labute approximate surface area is 94.0 Å². The van der Waals surface area contributed by atoms with Crippen LogP contribution in [0.1, 0.15) is 32.6 Å². The summed E-state index contributed by atoms with van der Waals surface area (Å²) >= 11 is 0. The first-order valence-electron chi connectivity index (χ1n) is 4.85. The van der Waals surface area contributed by atoms with Gasteiger partial charge in [0.2, 0.25) is 0 Å². The average Bonchev–Trinajstić information content (AvgIpc) is 2.63. The third-order valence-corrected chi connectivity index (χ3v) is 1.62. The van der Waals surface area contributed by atoms with E-state index in [2.05, 4.69) is 5.32 Å². The topological polar surface area (TPSA) is 75.3 Å². The maximum atomic E-state index is 11.4. The molecule has 0 bridgehead atoms. The Balaban J connectivity index is 2.59. The van der Waals surface area contributed by atoms with Gasteiger partial charge in [-0.1, -0.05) is 0 Å². The molecule has 5 heteroatoms. The molecule has 86 valence electrons. The fourth-order valence-electron chi connectivity index (χ4n) is 1.05. The molecule has 1 N–H and O–H groups in total. The van der Waals surface area contributed by atoms with Gasteiger partial charge < -0.3 is 9.15 Å². The van der Waals surface area contributed by atoms with E-state index >= 15 is 0 Å². The quantitative estimate of drug-likeness (QED) is 0.833. The number of nitrogens with one attached hydrogen (secondary N) is 1. The first kappa shape index (κ1) is 12.1. The highest BCUT2D eigenvalue weighted by atomic mass is 16.6. The number of nitriles is 1. The molecule has 0 aliphatic rings. The van der Waals surface area contributed by atoms with E-state index in [1.165, 1.54) is 6.26 Å². The molecule has 0 aliphatic heterocycles. The standard InChI is InChI=1S/C11H14N2O3/c1-11(2,3)16-10(14)13-8(7-12)9-5-4-6-15-9/h4-6,8H,1-3H3,(H,13,14)/t8-/m1/s1. The van der Waals surface area contributed by atoms with Gasteiger partial charge in [-0.3, -0.25) is 5.32 Å². The van der Waals surface area contributed by atoms with Gasteiger partial charge in [0.05, 0.1) is 12.3 Å². The Bertz CT molecular complexity index is 384. The van der Waals surface area contributed by atoms with Gasteiger partial charge in [0.1, 0.15) is 11.4 Å². The van der Waals surface area contributed by atoms with Crippen LogP contribution in [0.2, 0.25) is 0 Å². The lowest BCUT2D eigenvalue weighted by Crippen LogP contribution is -2.34. The van der Waals surface area contributed by atoms with Gasteiger partial charge in [-0.25, -0.2) is 4.79 Å². The number of hydrogen-bond acceptors (Lipinski definition) is 4. The zero-order chi connectivity index (χ0) is 12.2. The van der Waals surface area contributed by atoms with E-state index in [9.17, 15) is 4.79 Å². The van der Waals surface area contributed by atoms with Crippen molar-refractivity contribution in [3.63, 3.8) is 0 Å². The molecule has 1 heterocycles. The van der Waals surface area contributed by atoms with Crippen molar-refractivity contribution in [3.05, 3.63) is 24.2 Å². The van der Waals surface area contributed by atoms with E-state index in [1.54, 1.807) is 32.9 Å². The van der Waals surface area contributed by atoms with Crippen molar-refractivity contribution in [2.75, 3.05) is 0 Å². The second-order valence-corrected chi connectivity index (χ2v) is 4.22. The molecule has 0 aliphatic carbocycles. The normalized spacial score (nSPS) is 12.6. The number of nitrogens with zero attached hydrogens (tertiary/aromatic N) is 1. The van der Waals surface area contributed by atoms with E-state index < -0.39 is 17.7 Å². The van der Waals surface area contributed by atoms with Crippen molar-refractivity contribution in [2.24, 2.45) is 0 Å². The van der Waals surface area contributed by atoms with Crippen molar-refractivity contribution in [3.8, 4) is 6.07 Å². The summed E-state index contributed by atoms with van der Waals surface area (Å²) in [6, 6.07) is 4.35. The number of furan rings is 1. The smallest absolute Gasteiger partial charge is 0.409 e. The second-order valence-electron chi connectivity index (χ2n) is 4.22. The van der Waals surface area contributed by atoms with Crippen LogP contribution >= 0.6 is 0 Å². The van der Waals surface area contributed by atoms with Crippen molar-refractivity contribution in [1.82, 2.24) is 5.32 Å². The van der Waals surface area contributed by atoms with Gasteiger partial charge in [-0.15, -0.1) is 0 Å². The Kier molecular flexibility index (Phi) is 3.56. The predicted octanol–water partition coefficient (Wildman–Crippen LogP) is 2.37. The molecular formula is C11H14N2O3. The van der Waals surface area contributed by atoms with Gasteiger partial charge in [-0.2, -0.15) is 5.26 Å². The van der Waals surface area contributed by atoms with E-state index in [0.29, 0.717) is 5.76 Å². The van der Waals surface area contributed by atoms with Crippen molar-refractivity contribution in [2.45, 2.75) is 32.4 Å². The maximum absolute atomic E-state index is 11.4. The summed E-state index contributed by atoms with van der Waals surface area (Å²) in [5, 5.41) is 11.3. The Morgan fingerprint density at radius 3 is 2.75 bits per heavy atom. The number of hydrogen-bond donors (Lipinski definition) is 1. The van der Waals surface area contributed by atoms with Gasteiger partial charge in [-0.05, 0) is 32.9 Å². The van der Waals surface area contributed by atoms with Crippen LogP contribution in [0.5, 0.6) is 0 Å². The molecule has 1 aromatic rings. The summed E-state index contributed by atoms with van der Waals surface area (Å²) in [7, 11) is 0. The summed E-state index contributed by atoms with van der Waals surface area (Å²) < 4.78 is 10.1. The van der Waals surface area contributed by atoms with Crippen LogP contribution in [-0.4, -0.2) is 11.7 Å². The first-order valence-corrected chi connectivity index (χ1v) is 4.85. The van der Waals surface area contributed by atoms with Crippen LogP contribution in [0.25, 0.3) is 0 Å². The molecule has 0 unspecified atom stereocenters. The van der Waals surface area contributed by atoms with Crippen LogP contribution in [0.15, 0.2) is 22.8 Å². The molecule has 0 saturated carbocycles. The lowest BCUT2D eigenvalue weighted by molar-refractivity contribution is 0.0510. The molecule has 0 aromatic carbocycles. The summed E-state index contributed by atoms with van der Waals surface area (Å²) in [6.07, 6.45) is 0.798. The number of amides is 1. The van der Waals surface area contributed by atoms with Crippen molar-refractivity contribution < 1.29 is 13.9 Å². The molecule has 1 atom stereocenters. The zero-order valence-electron chi connectivity index (χ0n) is 9.48. The highest BCUT2D eigenvalue weighted by Crippen LogP contribution is 2.14. The van der Waals surface area contributed by atoms with Gasteiger partial charge in [0.25, 0.3) is 0 Å². The molecule has 16 heavy (non-hydrogen) atoms. The lowest BCUT2D eigenvalue weighted by atomic mass is 10.2. The molecule has 0 spiro atoms. The molecule has 5 nitrogen and oxygen atoms in total. The van der Waals surface area contributed by atoms with Gasteiger partial charge in [0.15, 0.2) is 6.04 Å². The minimum absolute atomic E-state index is 0.383. The first-order chi connectivity index (χ1) is 7.42. The van der Waals surface area contributed by atoms with Crippen LogP contribution in [0.4, 0.5) is 4.79 Å². The summed E-state index contributed by atoms with van der Waals surface area (Å²) in [5.41, 5.74) is -0.590. The molecule has 0 radical (unpaired) electrons. The molecule has 0 fully saturated rings. The number of carbonyl (C=O) groups is 1. The largest absolute Gasteiger partial charge is 0.466 e. The van der Waals surface area contributed by atoms with Crippen LogP contribution in [0, 0.1) is 11.3 Å². The fraction of sp³-hybridized carbons (Fsp3) is 0.455. The summed E-state index contributed by atoms with van der Waals surface area (Å²) in [6.45, 7) is 5.25. The predicted molar refractivity (Wildman–Crippen MR) is 56.4 cm³/mol.